The van der Waals surface area contributed by atoms with Gasteiger partial charge in [0.15, 0.2) is 0 Å². The van der Waals surface area contributed by atoms with Gasteiger partial charge in [0.05, 0.1) is 13.2 Å². The van der Waals surface area contributed by atoms with Crippen molar-refractivity contribution < 1.29 is 9.13 Å². The third-order valence-corrected chi connectivity index (χ3v) is 2.45. The lowest BCUT2D eigenvalue weighted by Crippen LogP contribution is -1.98. The topological polar surface area (TPSA) is 35.2 Å². The Bertz CT molecular complexity index is 485. The molecular weight excluding hydrogens is 217 g/mol. The highest BCUT2D eigenvalue weighted by Gasteiger charge is 2.02. The van der Waals surface area contributed by atoms with Crippen LogP contribution >= 0.6 is 0 Å². The smallest absolute Gasteiger partial charge is 0.130 e. The molecule has 0 aromatic heterocycles. The number of halogens is 1. The van der Waals surface area contributed by atoms with Gasteiger partial charge in [0.2, 0.25) is 0 Å². The molecule has 2 aromatic carbocycles. The van der Waals surface area contributed by atoms with E-state index in [4.69, 9.17) is 10.5 Å². The quantitative estimate of drug-likeness (QED) is 0.820. The van der Waals surface area contributed by atoms with Crippen molar-refractivity contribution in [3.05, 3.63) is 65.5 Å². The standard InChI is InChI=1S/C14H14FNO/c15-14-8-13(16)7-6-12(14)10-17-9-11-4-2-1-3-5-11/h1-8H,9-10,16H2. The summed E-state index contributed by atoms with van der Waals surface area (Å²) in [6.07, 6.45) is 0. The molecule has 2 aromatic rings. The molecule has 2 rings (SSSR count). The van der Waals surface area contributed by atoms with Crippen molar-refractivity contribution in [3.8, 4) is 0 Å². The van der Waals surface area contributed by atoms with Gasteiger partial charge in [-0.3, -0.25) is 0 Å². The van der Waals surface area contributed by atoms with E-state index in [1.54, 1.807) is 12.1 Å². The molecule has 0 aliphatic carbocycles. The van der Waals surface area contributed by atoms with E-state index in [9.17, 15) is 4.39 Å². The van der Waals surface area contributed by atoms with Crippen molar-refractivity contribution in [2.24, 2.45) is 0 Å². The SMILES string of the molecule is Nc1ccc(COCc2ccccc2)c(F)c1. The number of hydrogen-bond acceptors (Lipinski definition) is 2. The first kappa shape index (κ1) is 11.6. The molecule has 0 aliphatic heterocycles. The normalized spacial score (nSPS) is 10.4. The fourth-order valence-corrected chi connectivity index (χ4v) is 1.53. The van der Waals surface area contributed by atoms with E-state index >= 15 is 0 Å². The maximum absolute atomic E-state index is 13.4. The highest BCUT2D eigenvalue weighted by molar-refractivity contribution is 5.40. The molecule has 88 valence electrons. The van der Waals surface area contributed by atoms with Crippen LogP contribution in [0.4, 0.5) is 10.1 Å². The minimum atomic E-state index is -0.321. The van der Waals surface area contributed by atoms with Crippen molar-refractivity contribution >= 4 is 5.69 Å². The van der Waals surface area contributed by atoms with Crippen molar-refractivity contribution in [3.63, 3.8) is 0 Å². The van der Waals surface area contributed by atoms with Crippen molar-refractivity contribution in [2.75, 3.05) is 5.73 Å². The Balaban J connectivity index is 1.90. The first-order chi connectivity index (χ1) is 8.25. The summed E-state index contributed by atoms with van der Waals surface area (Å²) in [5.41, 5.74) is 7.49. The molecular formula is C14H14FNO. The van der Waals surface area contributed by atoms with Crippen LogP contribution in [-0.2, 0) is 18.0 Å². The summed E-state index contributed by atoms with van der Waals surface area (Å²) in [6, 6.07) is 14.4. The van der Waals surface area contributed by atoms with Gasteiger partial charge < -0.3 is 10.5 Å². The molecule has 17 heavy (non-hydrogen) atoms. The van der Waals surface area contributed by atoms with Crippen LogP contribution < -0.4 is 5.73 Å². The summed E-state index contributed by atoms with van der Waals surface area (Å²) in [5.74, 6) is -0.321. The first-order valence-electron chi connectivity index (χ1n) is 5.41. The lowest BCUT2D eigenvalue weighted by molar-refractivity contribution is 0.105. The number of nitrogens with two attached hydrogens (primary N) is 1. The number of hydrogen-bond donors (Lipinski definition) is 1. The number of benzene rings is 2. The zero-order valence-corrected chi connectivity index (χ0v) is 9.40. The van der Waals surface area contributed by atoms with Crippen LogP contribution in [0.5, 0.6) is 0 Å². The van der Waals surface area contributed by atoms with Crippen LogP contribution in [0.2, 0.25) is 0 Å². The average molecular weight is 231 g/mol. The van der Waals surface area contributed by atoms with Gasteiger partial charge in [0.1, 0.15) is 5.82 Å². The van der Waals surface area contributed by atoms with E-state index in [2.05, 4.69) is 0 Å². The second kappa shape index (κ2) is 5.46. The molecule has 0 atom stereocenters. The second-order valence-corrected chi connectivity index (χ2v) is 3.83. The lowest BCUT2D eigenvalue weighted by atomic mass is 10.2. The molecule has 3 heteroatoms. The van der Waals surface area contributed by atoms with Gasteiger partial charge >= 0.3 is 0 Å². The molecule has 2 nitrogen and oxygen atoms in total. The largest absolute Gasteiger partial charge is 0.399 e. The number of ether oxygens (including phenoxy) is 1. The van der Waals surface area contributed by atoms with E-state index < -0.39 is 0 Å². The molecule has 0 radical (unpaired) electrons. The molecule has 0 saturated carbocycles. The van der Waals surface area contributed by atoms with E-state index in [1.165, 1.54) is 6.07 Å². The maximum Gasteiger partial charge on any atom is 0.130 e. The van der Waals surface area contributed by atoms with Crippen LogP contribution in [-0.4, -0.2) is 0 Å². The Morgan fingerprint density at radius 2 is 1.76 bits per heavy atom. The molecule has 0 heterocycles. The molecule has 0 saturated heterocycles. The van der Waals surface area contributed by atoms with Crippen LogP contribution in [0.25, 0.3) is 0 Å². The van der Waals surface area contributed by atoms with E-state index in [0.717, 1.165) is 5.56 Å². The molecule has 0 unspecified atom stereocenters. The Hall–Kier alpha value is -1.87. The number of rotatable bonds is 4. The first-order valence-corrected chi connectivity index (χ1v) is 5.41. The third kappa shape index (κ3) is 3.29. The summed E-state index contributed by atoms with van der Waals surface area (Å²) < 4.78 is 18.9. The number of anilines is 1. The maximum atomic E-state index is 13.4. The Labute approximate surface area is 99.8 Å². The molecule has 0 aliphatic rings. The molecule has 0 fully saturated rings. The lowest BCUT2D eigenvalue weighted by Gasteiger charge is -2.06. The Morgan fingerprint density at radius 3 is 2.47 bits per heavy atom. The van der Waals surface area contributed by atoms with Crippen molar-refractivity contribution in [1.29, 1.82) is 0 Å². The zero-order chi connectivity index (χ0) is 12.1. The second-order valence-electron chi connectivity index (χ2n) is 3.83. The van der Waals surface area contributed by atoms with Crippen molar-refractivity contribution in [1.82, 2.24) is 0 Å². The minimum absolute atomic E-state index is 0.251. The average Bonchev–Trinajstić information content (AvgIpc) is 2.33. The summed E-state index contributed by atoms with van der Waals surface area (Å²) in [4.78, 5) is 0. The highest BCUT2D eigenvalue weighted by Crippen LogP contribution is 2.13. The van der Waals surface area contributed by atoms with Gasteiger partial charge in [0, 0.05) is 11.3 Å². The molecule has 2 N–H and O–H groups in total. The highest BCUT2D eigenvalue weighted by atomic mass is 19.1. The van der Waals surface area contributed by atoms with Gasteiger partial charge in [-0.2, -0.15) is 0 Å². The van der Waals surface area contributed by atoms with Crippen LogP contribution in [0.3, 0.4) is 0 Å². The number of nitrogen functional groups attached to an aromatic ring is 1. The van der Waals surface area contributed by atoms with E-state index in [-0.39, 0.29) is 12.4 Å². The molecule has 0 spiro atoms. The summed E-state index contributed by atoms with van der Waals surface area (Å²) in [7, 11) is 0. The summed E-state index contributed by atoms with van der Waals surface area (Å²) >= 11 is 0. The van der Waals surface area contributed by atoms with Crippen molar-refractivity contribution in [2.45, 2.75) is 13.2 Å². The Kier molecular flexibility index (Phi) is 3.73. The minimum Gasteiger partial charge on any atom is -0.399 e. The zero-order valence-electron chi connectivity index (χ0n) is 9.40. The van der Waals surface area contributed by atoms with E-state index in [0.29, 0.717) is 17.9 Å². The van der Waals surface area contributed by atoms with Gasteiger partial charge in [-0.05, 0) is 17.7 Å². The van der Waals surface area contributed by atoms with Crippen LogP contribution in [0, 0.1) is 5.82 Å². The fraction of sp³-hybridized carbons (Fsp3) is 0.143. The van der Waals surface area contributed by atoms with Gasteiger partial charge in [-0.25, -0.2) is 4.39 Å². The van der Waals surface area contributed by atoms with E-state index in [1.807, 2.05) is 30.3 Å². The Morgan fingerprint density at radius 1 is 1.00 bits per heavy atom. The van der Waals surface area contributed by atoms with Crippen LogP contribution in [0.1, 0.15) is 11.1 Å². The van der Waals surface area contributed by atoms with Gasteiger partial charge in [0.25, 0.3) is 0 Å². The monoisotopic (exact) mass is 231 g/mol. The summed E-state index contributed by atoms with van der Waals surface area (Å²) in [6.45, 7) is 0.728. The fourth-order valence-electron chi connectivity index (χ4n) is 1.53. The predicted molar refractivity (Wildman–Crippen MR) is 65.7 cm³/mol. The third-order valence-electron chi connectivity index (χ3n) is 2.45. The van der Waals surface area contributed by atoms with Gasteiger partial charge in [-0.1, -0.05) is 36.4 Å². The van der Waals surface area contributed by atoms with Crippen LogP contribution in [0.15, 0.2) is 48.5 Å². The molecule has 0 amide bonds. The molecule has 0 bridgehead atoms. The predicted octanol–water partition coefficient (Wildman–Crippen LogP) is 3.12. The van der Waals surface area contributed by atoms with Gasteiger partial charge in [-0.15, -0.1) is 0 Å². The summed E-state index contributed by atoms with van der Waals surface area (Å²) in [5, 5.41) is 0.